The minimum Gasteiger partial charge on any atom is -0.492 e. The third-order valence-corrected chi connectivity index (χ3v) is 3.96. The van der Waals surface area contributed by atoms with Crippen molar-refractivity contribution in [3.05, 3.63) is 26.6 Å². The molecule has 1 rings (SSSR count). The van der Waals surface area contributed by atoms with E-state index < -0.39 is 0 Å². The molecule has 0 saturated heterocycles. The number of nitrogens with zero attached hydrogens (tertiary/aromatic N) is 1. The number of halogens is 2. The molecule has 0 saturated carbocycles. The van der Waals surface area contributed by atoms with Crippen molar-refractivity contribution in [1.29, 1.82) is 0 Å². The molecular weight excluding hydrogens is 400 g/mol. The summed E-state index contributed by atoms with van der Waals surface area (Å²) in [4.78, 5) is 2.11. The third kappa shape index (κ3) is 7.61. The zero-order valence-electron chi connectivity index (χ0n) is 12.9. The Morgan fingerprint density at radius 3 is 2.38 bits per heavy atom. The van der Waals surface area contributed by atoms with Gasteiger partial charge in [0.15, 0.2) is 0 Å². The fraction of sp³-hybridized carbons (Fsp3) is 0.600. The topological polar surface area (TPSA) is 33.7 Å². The van der Waals surface area contributed by atoms with E-state index in [0.29, 0.717) is 6.61 Å². The molecule has 0 radical (unpaired) electrons. The van der Waals surface area contributed by atoms with Gasteiger partial charge in [0, 0.05) is 19.6 Å². The molecule has 0 unspecified atom stereocenters. The normalized spacial score (nSPS) is 11.1. The van der Waals surface area contributed by atoms with Gasteiger partial charge in [-0.15, -0.1) is 0 Å². The number of benzene rings is 1. The van der Waals surface area contributed by atoms with Crippen LogP contribution in [0.2, 0.25) is 0 Å². The van der Waals surface area contributed by atoms with E-state index in [-0.39, 0.29) is 0 Å². The lowest BCUT2D eigenvalue weighted by atomic mass is 10.2. The molecule has 1 aromatic rings. The van der Waals surface area contributed by atoms with E-state index in [1.165, 1.54) is 5.56 Å². The molecule has 4 nitrogen and oxygen atoms in total. The van der Waals surface area contributed by atoms with Crippen molar-refractivity contribution in [3.8, 4) is 5.75 Å². The Hall–Kier alpha value is -0.140. The molecule has 1 N–H and O–H groups in total. The van der Waals surface area contributed by atoms with Gasteiger partial charge >= 0.3 is 0 Å². The first-order valence-electron chi connectivity index (χ1n) is 7.08. The van der Waals surface area contributed by atoms with Gasteiger partial charge in [-0.1, -0.05) is 0 Å². The Kier molecular flexibility index (Phi) is 9.51. The summed E-state index contributed by atoms with van der Waals surface area (Å²) < 4.78 is 13.1. The lowest BCUT2D eigenvalue weighted by Crippen LogP contribution is -2.23. The Morgan fingerprint density at radius 1 is 1.14 bits per heavy atom. The zero-order valence-corrected chi connectivity index (χ0v) is 16.1. The minimum absolute atomic E-state index is 0.652. The van der Waals surface area contributed by atoms with Crippen LogP contribution in [0, 0.1) is 0 Å². The van der Waals surface area contributed by atoms with E-state index in [1.807, 2.05) is 21.0 Å². The molecule has 0 aliphatic carbocycles. The summed E-state index contributed by atoms with van der Waals surface area (Å²) in [7, 11) is 4.09. The summed E-state index contributed by atoms with van der Waals surface area (Å²) in [6.07, 6.45) is 0. The van der Waals surface area contributed by atoms with Crippen LogP contribution in [0.1, 0.15) is 12.5 Å². The van der Waals surface area contributed by atoms with Crippen LogP contribution in [0.15, 0.2) is 21.1 Å². The molecule has 1 aromatic carbocycles. The second-order valence-corrected chi connectivity index (χ2v) is 6.62. The molecule has 0 bridgehead atoms. The third-order valence-electron chi connectivity index (χ3n) is 2.78. The average molecular weight is 424 g/mol. The summed E-state index contributed by atoms with van der Waals surface area (Å²) in [5, 5.41) is 3.37. The van der Waals surface area contributed by atoms with Crippen molar-refractivity contribution in [3.63, 3.8) is 0 Å². The van der Waals surface area contributed by atoms with E-state index in [0.717, 1.165) is 47.5 Å². The number of likely N-dealkylation sites (N-methyl/N-ethyl adjacent to an activating group) is 1. The molecule has 120 valence electrons. The van der Waals surface area contributed by atoms with Crippen molar-refractivity contribution < 1.29 is 9.47 Å². The molecule has 6 heteroatoms. The van der Waals surface area contributed by atoms with Crippen molar-refractivity contribution in [2.24, 2.45) is 0 Å². The highest BCUT2D eigenvalue weighted by Crippen LogP contribution is 2.34. The summed E-state index contributed by atoms with van der Waals surface area (Å²) in [5.41, 5.74) is 1.20. The van der Waals surface area contributed by atoms with Gasteiger partial charge in [0.25, 0.3) is 0 Å². The fourth-order valence-electron chi connectivity index (χ4n) is 1.72. The van der Waals surface area contributed by atoms with Crippen LogP contribution >= 0.6 is 31.9 Å². The van der Waals surface area contributed by atoms with Crippen LogP contribution in [0.25, 0.3) is 0 Å². The predicted molar refractivity (Wildman–Crippen MR) is 94.1 cm³/mol. The average Bonchev–Trinajstić information content (AvgIpc) is 2.41. The SMILES string of the molecule is CCOc1c(Br)cc(CNCCOCCN(C)C)cc1Br. The van der Waals surface area contributed by atoms with Crippen molar-refractivity contribution in [1.82, 2.24) is 10.2 Å². The summed E-state index contributed by atoms with van der Waals surface area (Å²) in [6.45, 7) is 6.74. The lowest BCUT2D eigenvalue weighted by molar-refractivity contribution is 0.119. The Bertz CT molecular complexity index is 405. The van der Waals surface area contributed by atoms with E-state index in [1.54, 1.807) is 0 Å². The maximum Gasteiger partial charge on any atom is 0.147 e. The van der Waals surface area contributed by atoms with E-state index in [4.69, 9.17) is 9.47 Å². The van der Waals surface area contributed by atoms with Gasteiger partial charge in [0.05, 0.1) is 28.8 Å². The first-order chi connectivity index (χ1) is 10.0. The Balaban J connectivity index is 2.29. The van der Waals surface area contributed by atoms with Crippen LogP contribution in [0.4, 0.5) is 0 Å². The molecule has 0 heterocycles. The molecule has 0 amide bonds. The quantitative estimate of drug-likeness (QED) is 0.585. The fourth-order valence-corrected chi connectivity index (χ4v) is 3.23. The number of nitrogens with one attached hydrogen (secondary N) is 1. The second kappa shape index (κ2) is 10.6. The molecule has 0 aromatic heterocycles. The highest BCUT2D eigenvalue weighted by Gasteiger charge is 2.08. The maximum atomic E-state index is 5.57. The number of hydrogen-bond donors (Lipinski definition) is 1. The van der Waals surface area contributed by atoms with Gasteiger partial charge in [-0.25, -0.2) is 0 Å². The van der Waals surface area contributed by atoms with Gasteiger partial charge in [0.1, 0.15) is 5.75 Å². The van der Waals surface area contributed by atoms with Crippen molar-refractivity contribution >= 4 is 31.9 Å². The first kappa shape index (κ1) is 18.9. The Morgan fingerprint density at radius 2 is 1.81 bits per heavy atom. The molecular formula is C15H24Br2N2O2. The highest BCUT2D eigenvalue weighted by molar-refractivity contribution is 9.11. The maximum absolute atomic E-state index is 5.57. The molecule has 0 aliphatic rings. The molecule has 0 atom stereocenters. The molecule has 21 heavy (non-hydrogen) atoms. The number of ether oxygens (including phenoxy) is 2. The molecule has 0 aliphatic heterocycles. The van der Waals surface area contributed by atoms with Crippen molar-refractivity contribution in [2.75, 3.05) is 47.0 Å². The van der Waals surface area contributed by atoms with Gasteiger partial charge < -0.3 is 19.7 Å². The van der Waals surface area contributed by atoms with Crippen LogP contribution in [-0.2, 0) is 11.3 Å². The lowest BCUT2D eigenvalue weighted by Gasteiger charge is -2.12. The summed E-state index contributed by atoms with van der Waals surface area (Å²) >= 11 is 7.09. The Labute approximate surface area is 144 Å². The molecule has 0 fully saturated rings. The summed E-state index contributed by atoms with van der Waals surface area (Å²) in [6, 6.07) is 4.16. The smallest absolute Gasteiger partial charge is 0.147 e. The zero-order chi connectivity index (χ0) is 15.7. The predicted octanol–water partition coefficient (Wildman–Crippen LogP) is 3.28. The van der Waals surface area contributed by atoms with E-state index in [9.17, 15) is 0 Å². The first-order valence-corrected chi connectivity index (χ1v) is 8.67. The van der Waals surface area contributed by atoms with Gasteiger partial charge in [0.2, 0.25) is 0 Å². The van der Waals surface area contributed by atoms with E-state index in [2.05, 4.69) is 54.2 Å². The summed E-state index contributed by atoms with van der Waals surface area (Å²) in [5.74, 6) is 0.855. The number of hydrogen-bond acceptors (Lipinski definition) is 4. The monoisotopic (exact) mass is 422 g/mol. The van der Waals surface area contributed by atoms with E-state index >= 15 is 0 Å². The van der Waals surface area contributed by atoms with Crippen LogP contribution in [0.5, 0.6) is 5.75 Å². The molecule has 0 spiro atoms. The minimum atomic E-state index is 0.652. The number of rotatable bonds is 10. The van der Waals surface area contributed by atoms with Crippen LogP contribution in [-0.4, -0.2) is 51.9 Å². The van der Waals surface area contributed by atoms with Crippen LogP contribution < -0.4 is 10.1 Å². The largest absolute Gasteiger partial charge is 0.492 e. The van der Waals surface area contributed by atoms with Gasteiger partial charge in [-0.2, -0.15) is 0 Å². The van der Waals surface area contributed by atoms with Crippen LogP contribution in [0.3, 0.4) is 0 Å². The second-order valence-electron chi connectivity index (χ2n) is 4.91. The highest BCUT2D eigenvalue weighted by atomic mass is 79.9. The van der Waals surface area contributed by atoms with Crippen molar-refractivity contribution in [2.45, 2.75) is 13.5 Å². The van der Waals surface area contributed by atoms with Gasteiger partial charge in [-0.05, 0) is 70.6 Å². The van der Waals surface area contributed by atoms with Gasteiger partial charge in [-0.3, -0.25) is 0 Å². The standard InChI is InChI=1S/C15H24Br2N2O2/c1-4-21-15-13(16)9-12(10-14(15)17)11-18-5-7-20-8-6-19(2)3/h9-10,18H,4-8,11H2,1-3H3.